The molecule has 0 saturated heterocycles. The van der Waals surface area contributed by atoms with E-state index in [4.69, 9.17) is 16.3 Å². The Labute approximate surface area is 124 Å². The Balaban J connectivity index is 2.92. The van der Waals surface area contributed by atoms with Crippen LogP contribution in [0.1, 0.15) is 44.0 Å². The molecule has 0 aromatic heterocycles. The van der Waals surface area contributed by atoms with Crippen LogP contribution in [-0.4, -0.2) is 18.5 Å². The Bertz CT molecular complexity index is 484. The molecule has 0 atom stereocenters. The van der Waals surface area contributed by atoms with E-state index in [0.717, 1.165) is 12.8 Å². The number of amides is 1. The van der Waals surface area contributed by atoms with Crippen LogP contribution in [0.15, 0.2) is 18.2 Å². The third kappa shape index (κ3) is 4.23. The first-order valence-electron chi connectivity index (χ1n) is 6.80. The Morgan fingerprint density at radius 2 is 1.90 bits per heavy atom. The monoisotopic (exact) mass is 297 g/mol. The molecule has 0 unspecified atom stereocenters. The number of rotatable bonds is 6. The number of esters is 1. The summed E-state index contributed by atoms with van der Waals surface area (Å²) in [5.41, 5.74) is 0.810. The third-order valence-electron chi connectivity index (χ3n) is 3.09. The molecule has 1 amide bonds. The van der Waals surface area contributed by atoms with E-state index in [1.165, 1.54) is 0 Å². The molecule has 0 fully saturated rings. The standard InChI is InChI=1S/C15H20ClNO3/c1-4-10(5-2)14(18)17-13-9-11(7-8-12(13)16)15(19)20-6-3/h7-10H,4-6H2,1-3H3,(H,17,18). The molecule has 1 rings (SSSR count). The maximum absolute atomic E-state index is 12.0. The van der Waals surface area contributed by atoms with Crippen molar-refractivity contribution in [2.75, 3.05) is 11.9 Å². The quantitative estimate of drug-likeness (QED) is 0.810. The number of anilines is 1. The molecular weight excluding hydrogens is 278 g/mol. The molecule has 1 aromatic carbocycles. The summed E-state index contributed by atoms with van der Waals surface area (Å²) < 4.78 is 4.92. The van der Waals surface area contributed by atoms with Crippen molar-refractivity contribution in [1.82, 2.24) is 0 Å². The fraction of sp³-hybridized carbons (Fsp3) is 0.467. The minimum atomic E-state index is -0.429. The number of carbonyl (C=O) groups is 2. The van der Waals surface area contributed by atoms with Crippen LogP contribution in [-0.2, 0) is 9.53 Å². The molecule has 1 aromatic rings. The summed E-state index contributed by atoms with van der Waals surface area (Å²) in [5, 5.41) is 3.17. The normalized spacial score (nSPS) is 10.4. The van der Waals surface area contributed by atoms with Gasteiger partial charge in [0.05, 0.1) is 22.9 Å². The van der Waals surface area contributed by atoms with Crippen LogP contribution in [0.2, 0.25) is 5.02 Å². The van der Waals surface area contributed by atoms with E-state index in [1.54, 1.807) is 25.1 Å². The maximum Gasteiger partial charge on any atom is 0.338 e. The Kier molecular flexibility index (Phi) is 6.52. The van der Waals surface area contributed by atoms with Gasteiger partial charge in [-0.3, -0.25) is 4.79 Å². The summed E-state index contributed by atoms with van der Waals surface area (Å²) in [4.78, 5) is 23.7. The van der Waals surface area contributed by atoms with Gasteiger partial charge in [0.1, 0.15) is 0 Å². The van der Waals surface area contributed by atoms with Gasteiger partial charge in [0, 0.05) is 5.92 Å². The highest BCUT2D eigenvalue weighted by atomic mass is 35.5. The highest BCUT2D eigenvalue weighted by Gasteiger charge is 2.16. The second-order valence-corrected chi connectivity index (χ2v) is 4.82. The molecule has 0 saturated carbocycles. The second kappa shape index (κ2) is 7.90. The van der Waals surface area contributed by atoms with E-state index >= 15 is 0 Å². The van der Waals surface area contributed by atoms with Crippen molar-refractivity contribution < 1.29 is 14.3 Å². The minimum Gasteiger partial charge on any atom is -0.462 e. The molecule has 0 heterocycles. The topological polar surface area (TPSA) is 55.4 Å². The summed E-state index contributed by atoms with van der Waals surface area (Å²) in [7, 11) is 0. The molecule has 5 heteroatoms. The van der Waals surface area contributed by atoms with Crippen molar-refractivity contribution in [1.29, 1.82) is 0 Å². The number of hydrogen-bond acceptors (Lipinski definition) is 3. The van der Waals surface area contributed by atoms with Gasteiger partial charge in [-0.15, -0.1) is 0 Å². The molecule has 0 radical (unpaired) electrons. The van der Waals surface area contributed by atoms with E-state index in [9.17, 15) is 9.59 Å². The highest BCUT2D eigenvalue weighted by Crippen LogP contribution is 2.24. The van der Waals surface area contributed by atoms with Crippen LogP contribution in [0.25, 0.3) is 0 Å². The minimum absolute atomic E-state index is 0.0580. The largest absolute Gasteiger partial charge is 0.462 e. The second-order valence-electron chi connectivity index (χ2n) is 4.42. The number of nitrogens with one attached hydrogen (secondary N) is 1. The van der Waals surface area contributed by atoms with E-state index in [0.29, 0.717) is 22.9 Å². The molecule has 0 bridgehead atoms. The molecular formula is C15H20ClNO3. The van der Waals surface area contributed by atoms with E-state index in [2.05, 4.69) is 5.32 Å². The molecule has 0 aliphatic carbocycles. The number of ether oxygens (including phenoxy) is 1. The first kappa shape index (κ1) is 16.5. The van der Waals surface area contributed by atoms with Gasteiger partial charge in [-0.05, 0) is 38.0 Å². The predicted octanol–water partition coefficient (Wildman–Crippen LogP) is 3.89. The van der Waals surface area contributed by atoms with Gasteiger partial charge < -0.3 is 10.1 Å². The van der Waals surface area contributed by atoms with Crippen molar-refractivity contribution in [3.63, 3.8) is 0 Å². The van der Waals surface area contributed by atoms with Crippen molar-refractivity contribution in [3.8, 4) is 0 Å². The average molecular weight is 298 g/mol. The number of carbonyl (C=O) groups excluding carboxylic acids is 2. The lowest BCUT2D eigenvalue weighted by molar-refractivity contribution is -0.120. The lowest BCUT2D eigenvalue weighted by atomic mass is 10.0. The summed E-state index contributed by atoms with van der Waals surface area (Å²) in [6, 6.07) is 4.70. The van der Waals surface area contributed by atoms with E-state index in [-0.39, 0.29) is 11.8 Å². The number of benzene rings is 1. The van der Waals surface area contributed by atoms with Gasteiger partial charge in [0.15, 0.2) is 0 Å². The molecule has 20 heavy (non-hydrogen) atoms. The smallest absolute Gasteiger partial charge is 0.338 e. The van der Waals surface area contributed by atoms with Crippen molar-refractivity contribution in [3.05, 3.63) is 28.8 Å². The molecule has 4 nitrogen and oxygen atoms in total. The first-order valence-corrected chi connectivity index (χ1v) is 7.18. The molecule has 1 N–H and O–H groups in total. The molecule has 0 aliphatic heterocycles. The number of hydrogen-bond donors (Lipinski definition) is 1. The summed E-state index contributed by atoms with van der Waals surface area (Å²) >= 11 is 6.05. The van der Waals surface area contributed by atoms with E-state index < -0.39 is 5.97 Å². The first-order chi connectivity index (χ1) is 9.53. The Morgan fingerprint density at radius 1 is 1.25 bits per heavy atom. The van der Waals surface area contributed by atoms with Crippen LogP contribution < -0.4 is 5.32 Å². The van der Waals surface area contributed by atoms with Gasteiger partial charge in [0.2, 0.25) is 5.91 Å². The summed E-state index contributed by atoms with van der Waals surface area (Å²) in [5.74, 6) is -0.572. The molecule has 0 aliphatic rings. The zero-order chi connectivity index (χ0) is 15.1. The molecule has 110 valence electrons. The fourth-order valence-electron chi connectivity index (χ4n) is 1.86. The van der Waals surface area contributed by atoms with E-state index in [1.807, 2.05) is 13.8 Å². The highest BCUT2D eigenvalue weighted by molar-refractivity contribution is 6.33. The van der Waals surface area contributed by atoms with Crippen molar-refractivity contribution >= 4 is 29.2 Å². The van der Waals surface area contributed by atoms with Crippen LogP contribution in [0.3, 0.4) is 0 Å². The van der Waals surface area contributed by atoms with Crippen LogP contribution >= 0.6 is 11.6 Å². The van der Waals surface area contributed by atoms with Crippen molar-refractivity contribution in [2.45, 2.75) is 33.6 Å². The van der Waals surface area contributed by atoms with Crippen molar-refractivity contribution in [2.24, 2.45) is 5.92 Å². The van der Waals surface area contributed by atoms with Crippen LogP contribution in [0, 0.1) is 5.92 Å². The summed E-state index contributed by atoms with van der Waals surface area (Å²) in [6.07, 6.45) is 1.52. The molecule has 0 spiro atoms. The van der Waals surface area contributed by atoms with Gasteiger partial charge in [-0.25, -0.2) is 4.79 Å². The van der Waals surface area contributed by atoms with Gasteiger partial charge in [0.25, 0.3) is 0 Å². The summed E-state index contributed by atoms with van der Waals surface area (Å²) in [6.45, 7) is 5.97. The predicted molar refractivity (Wildman–Crippen MR) is 80.1 cm³/mol. The maximum atomic E-state index is 12.0. The SMILES string of the molecule is CCOC(=O)c1ccc(Cl)c(NC(=O)C(CC)CC)c1. The van der Waals surface area contributed by atoms with Gasteiger partial charge >= 0.3 is 5.97 Å². The van der Waals surface area contributed by atoms with Crippen LogP contribution in [0.5, 0.6) is 0 Å². The van der Waals surface area contributed by atoms with Gasteiger partial charge in [-0.1, -0.05) is 25.4 Å². The van der Waals surface area contributed by atoms with Gasteiger partial charge in [-0.2, -0.15) is 0 Å². The lowest BCUT2D eigenvalue weighted by Crippen LogP contribution is -2.22. The van der Waals surface area contributed by atoms with Crippen LogP contribution in [0.4, 0.5) is 5.69 Å². The number of halogens is 1. The Hall–Kier alpha value is -1.55. The fourth-order valence-corrected chi connectivity index (χ4v) is 2.02. The zero-order valence-corrected chi connectivity index (χ0v) is 12.8. The lowest BCUT2D eigenvalue weighted by Gasteiger charge is -2.14. The zero-order valence-electron chi connectivity index (χ0n) is 12.0. The average Bonchev–Trinajstić information content (AvgIpc) is 2.42. The third-order valence-corrected chi connectivity index (χ3v) is 3.42. The Morgan fingerprint density at radius 3 is 2.45 bits per heavy atom.